The van der Waals surface area contributed by atoms with E-state index in [4.69, 9.17) is 11.5 Å². The highest BCUT2D eigenvalue weighted by molar-refractivity contribution is 4.76. The van der Waals surface area contributed by atoms with Crippen molar-refractivity contribution in [1.29, 1.82) is 0 Å². The highest BCUT2D eigenvalue weighted by Gasteiger charge is 2.20. The monoisotopic (exact) mass is 200 g/mol. The highest BCUT2D eigenvalue weighted by Crippen LogP contribution is 2.05. The van der Waals surface area contributed by atoms with Crippen LogP contribution >= 0.6 is 0 Å². The lowest BCUT2D eigenvalue weighted by molar-refractivity contribution is 0.0936. The minimum atomic E-state index is 0.243. The van der Waals surface area contributed by atoms with Crippen LogP contribution in [-0.4, -0.2) is 54.7 Å². The second-order valence-corrected chi connectivity index (χ2v) is 4.29. The van der Waals surface area contributed by atoms with Crippen molar-refractivity contribution < 1.29 is 0 Å². The van der Waals surface area contributed by atoms with Gasteiger partial charge in [0.25, 0.3) is 0 Å². The van der Waals surface area contributed by atoms with Gasteiger partial charge < -0.3 is 11.5 Å². The third kappa shape index (κ3) is 3.53. The summed E-state index contributed by atoms with van der Waals surface area (Å²) in [6, 6.07) is 0.279. The number of hydrogen-bond donors (Lipinski definition) is 2. The summed E-state index contributed by atoms with van der Waals surface area (Å²) in [6.45, 7) is 9.59. The Morgan fingerprint density at radius 3 is 2.14 bits per heavy atom. The van der Waals surface area contributed by atoms with Gasteiger partial charge in [-0.2, -0.15) is 0 Å². The molecule has 0 aliphatic carbocycles. The summed E-state index contributed by atoms with van der Waals surface area (Å²) >= 11 is 0. The smallest absolute Gasteiger partial charge is 0.0570 e. The fraction of sp³-hybridized carbons (Fsp3) is 1.00. The SMILES string of the molecule is CCC(N)N1CCN(CC(C)N)CC1. The van der Waals surface area contributed by atoms with E-state index in [2.05, 4.69) is 23.6 Å². The van der Waals surface area contributed by atoms with Gasteiger partial charge in [0, 0.05) is 38.8 Å². The van der Waals surface area contributed by atoms with Gasteiger partial charge in [-0.15, -0.1) is 0 Å². The number of rotatable bonds is 4. The molecule has 4 heteroatoms. The van der Waals surface area contributed by atoms with Gasteiger partial charge in [-0.05, 0) is 13.3 Å². The first-order valence-electron chi connectivity index (χ1n) is 5.61. The van der Waals surface area contributed by atoms with Crippen molar-refractivity contribution >= 4 is 0 Å². The lowest BCUT2D eigenvalue weighted by Crippen LogP contribution is -2.54. The standard InChI is InChI=1S/C10H24N4/c1-3-10(12)14-6-4-13(5-7-14)8-9(2)11/h9-10H,3-8,11-12H2,1-2H3. The molecule has 4 nitrogen and oxygen atoms in total. The Kier molecular flexibility index (Phi) is 4.81. The number of nitrogens with zero attached hydrogens (tertiary/aromatic N) is 2. The van der Waals surface area contributed by atoms with Crippen LogP contribution in [0.25, 0.3) is 0 Å². The fourth-order valence-corrected chi connectivity index (χ4v) is 1.94. The first-order valence-corrected chi connectivity index (χ1v) is 5.61. The van der Waals surface area contributed by atoms with Crippen molar-refractivity contribution in [2.75, 3.05) is 32.7 Å². The van der Waals surface area contributed by atoms with E-state index in [1.165, 1.54) is 0 Å². The van der Waals surface area contributed by atoms with Crippen LogP contribution in [0.4, 0.5) is 0 Å². The van der Waals surface area contributed by atoms with Gasteiger partial charge in [0.1, 0.15) is 0 Å². The molecule has 1 aliphatic rings. The summed E-state index contributed by atoms with van der Waals surface area (Å²) in [6.07, 6.45) is 1.28. The summed E-state index contributed by atoms with van der Waals surface area (Å²) in [7, 11) is 0. The molecule has 84 valence electrons. The van der Waals surface area contributed by atoms with Crippen LogP contribution in [0.1, 0.15) is 20.3 Å². The third-order valence-corrected chi connectivity index (χ3v) is 2.84. The Morgan fingerprint density at radius 1 is 1.14 bits per heavy atom. The molecule has 2 unspecified atom stereocenters. The van der Waals surface area contributed by atoms with Crippen molar-refractivity contribution in [2.24, 2.45) is 11.5 Å². The average molecular weight is 200 g/mol. The van der Waals surface area contributed by atoms with Crippen LogP contribution < -0.4 is 11.5 Å². The molecule has 0 bridgehead atoms. The van der Waals surface area contributed by atoms with Gasteiger partial charge in [-0.25, -0.2) is 0 Å². The molecule has 0 aromatic rings. The molecule has 0 saturated carbocycles. The zero-order valence-corrected chi connectivity index (χ0v) is 9.45. The molecule has 1 heterocycles. The van der Waals surface area contributed by atoms with Gasteiger partial charge in [-0.3, -0.25) is 9.80 Å². The Hall–Kier alpha value is -0.160. The van der Waals surface area contributed by atoms with Crippen LogP contribution in [0.2, 0.25) is 0 Å². The van der Waals surface area contributed by atoms with Crippen molar-refractivity contribution in [3.8, 4) is 0 Å². The van der Waals surface area contributed by atoms with E-state index in [1.54, 1.807) is 0 Å². The molecule has 0 amide bonds. The number of nitrogens with two attached hydrogens (primary N) is 2. The highest BCUT2D eigenvalue weighted by atomic mass is 15.3. The zero-order valence-electron chi connectivity index (χ0n) is 9.45. The molecule has 1 rings (SSSR count). The summed E-state index contributed by atoms with van der Waals surface area (Å²) < 4.78 is 0. The van der Waals surface area contributed by atoms with Crippen molar-refractivity contribution in [3.05, 3.63) is 0 Å². The zero-order chi connectivity index (χ0) is 10.6. The van der Waals surface area contributed by atoms with Crippen molar-refractivity contribution in [1.82, 2.24) is 9.80 Å². The van der Waals surface area contributed by atoms with E-state index in [-0.39, 0.29) is 12.2 Å². The lowest BCUT2D eigenvalue weighted by atomic mass is 10.2. The minimum absolute atomic E-state index is 0.243. The van der Waals surface area contributed by atoms with Crippen LogP contribution in [0.15, 0.2) is 0 Å². The summed E-state index contributed by atoms with van der Waals surface area (Å²) in [5.74, 6) is 0. The van der Waals surface area contributed by atoms with Crippen molar-refractivity contribution in [2.45, 2.75) is 32.5 Å². The predicted molar refractivity (Wildman–Crippen MR) is 59.9 cm³/mol. The Morgan fingerprint density at radius 2 is 1.71 bits per heavy atom. The van der Waals surface area contributed by atoms with Gasteiger partial charge in [0.15, 0.2) is 0 Å². The molecular weight excluding hydrogens is 176 g/mol. The second kappa shape index (κ2) is 5.66. The minimum Gasteiger partial charge on any atom is -0.327 e. The summed E-state index contributed by atoms with van der Waals surface area (Å²) in [5.41, 5.74) is 11.7. The molecule has 0 aromatic carbocycles. The normalized spacial score (nSPS) is 24.9. The van der Waals surface area contributed by atoms with Crippen molar-refractivity contribution in [3.63, 3.8) is 0 Å². The van der Waals surface area contributed by atoms with Gasteiger partial charge in [0.2, 0.25) is 0 Å². The van der Waals surface area contributed by atoms with Gasteiger partial charge >= 0.3 is 0 Å². The molecule has 14 heavy (non-hydrogen) atoms. The van der Waals surface area contributed by atoms with E-state index < -0.39 is 0 Å². The van der Waals surface area contributed by atoms with E-state index in [0.717, 1.165) is 39.1 Å². The Labute approximate surface area is 87.2 Å². The third-order valence-electron chi connectivity index (χ3n) is 2.84. The van der Waals surface area contributed by atoms with Crippen LogP contribution in [-0.2, 0) is 0 Å². The number of hydrogen-bond acceptors (Lipinski definition) is 4. The molecule has 0 aromatic heterocycles. The quantitative estimate of drug-likeness (QED) is 0.651. The molecule has 0 radical (unpaired) electrons. The predicted octanol–water partition coefficient (Wildman–Crippen LogP) is -0.354. The first-order chi connectivity index (χ1) is 6.63. The Bertz CT molecular complexity index is 152. The maximum Gasteiger partial charge on any atom is 0.0570 e. The van der Waals surface area contributed by atoms with Crippen LogP contribution in [0.5, 0.6) is 0 Å². The summed E-state index contributed by atoms with van der Waals surface area (Å²) in [4.78, 5) is 4.78. The second-order valence-electron chi connectivity index (χ2n) is 4.29. The largest absolute Gasteiger partial charge is 0.327 e. The maximum atomic E-state index is 5.98. The maximum absolute atomic E-state index is 5.98. The molecule has 4 N–H and O–H groups in total. The first kappa shape index (κ1) is 11.9. The van der Waals surface area contributed by atoms with E-state index in [0.29, 0.717) is 0 Å². The van der Waals surface area contributed by atoms with E-state index in [1.807, 2.05) is 0 Å². The van der Waals surface area contributed by atoms with E-state index >= 15 is 0 Å². The van der Waals surface area contributed by atoms with Gasteiger partial charge in [-0.1, -0.05) is 6.92 Å². The molecule has 1 fully saturated rings. The summed E-state index contributed by atoms with van der Waals surface area (Å²) in [5, 5.41) is 0. The number of piperazine rings is 1. The lowest BCUT2D eigenvalue weighted by Gasteiger charge is -2.38. The average Bonchev–Trinajstić information content (AvgIpc) is 2.17. The fourth-order valence-electron chi connectivity index (χ4n) is 1.94. The van der Waals surface area contributed by atoms with Crippen LogP contribution in [0, 0.1) is 0 Å². The molecule has 0 spiro atoms. The van der Waals surface area contributed by atoms with Gasteiger partial charge in [0.05, 0.1) is 6.17 Å². The molecule has 1 aliphatic heterocycles. The Balaban J connectivity index is 2.24. The topological polar surface area (TPSA) is 58.5 Å². The molecular formula is C10H24N4. The molecule has 1 saturated heterocycles. The molecule has 2 atom stereocenters. The van der Waals surface area contributed by atoms with Crippen LogP contribution in [0.3, 0.4) is 0 Å². The van der Waals surface area contributed by atoms with E-state index in [9.17, 15) is 0 Å².